The van der Waals surface area contributed by atoms with E-state index in [1.54, 1.807) is 0 Å². The first-order valence-electron chi connectivity index (χ1n) is 7.20. The molecule has 92 valence electrons. The molecular weight excluding hydrogens is 206 g/mol. The molecule has 2 fully saturated rings. The lowest BCUT2D eigenvalue weighted by Crippen LogP contribution is -2.19. The summed E-state index contributed by atoms with van der Waals surface area (Å²) in [5, 5.41) is 0. The van der Waals surface area contributed by atoms with Crippen LogP contribution in [0.15, 0.2) is 24.3 Å². The summed E-state index contributed by atoms with van der Waals surface area (Å²) < 4.78 is 0. The number of hydrogen-bond donors (Lipinski definition) is 1. The predicted molar refractivity (Wildman–Crippen MR) is 71.9 cm³/mol. The van der Waals surface area contributed by atoms with Gasteiger partial charge in [-0.15, -0.1) is 0 Å². The van der Waals surface area contributed by atoms with Crippen molar-refractivity contribution in [2.24, 2.45) is 11.7 Å². The minimum Gasteiger partial charge on any atom is -0.324 e. The van der Waals surface area contributed by atoms with Gasteiger partial charge in [-0.3, -0.25) is 0 Å². The van der Waals surface area contributed by atoms with Crippen molar-refractivity contribution in [3.8, 4) is 0 Å². The van der Waals surface area contributed by atoms with Crippen LogP contribution in [-0.2, 0) is 0 Å². The van der Waals surface area contributed by atoms with Crippen molar-refractivity contribution in [1.82, 2.24) is 0 Å². The molecule has 2 aliphatic carbocycles. The van der Waals surface area contributed by atoms with E-state index in [1.165, 1.54) is 56.1 Å². The van der Waals surface area contributed by atoms with Gasteiger partial charge in [0.05, 0.1) is 0 Å². The summed E-state index contributed by atoms with van der Waals surface area (Å²) >= 11 is 0. The third kappa shape index (κ3) is 2.26. The summed E-state index contributed by atoms with van der Waals surface area (Å²) in [6, 6.07) is 9.38. The summed E-state index contributed by atoms with van der Waals surface area (Å²) in [6.07, 6.45) is 9.57. The molecule has 1 aromatic rings. The van der Waals surface area contributed by atoms with E-state index in [2.05, 4.69) is 24.3 Å². The average molecular weight is 229 g/mol. The van der Waals surface area contributed by atoms with Gasteiger partial charge in [0, 0.05) is 6.04 Å². The fourth-order valence-corrected chi connectivity index (χ4v) is 3.35. The zero-order chi connectivity index (χ0) is 11.7. The second-order valence-corrected chi connectivity index (χ2v) is 5.87. The van der Waals surface area contributed by atoms with Gasteiger partial charge in [-0.1, -0.05) is 43.5 Å². The second kappa shape index (κ2) is 4.81. The molecule has 2 saturated carbocycles. The van der Waals surface area contributed by atoms with Crippen LogP contribution in [0.25, 0.3) is 0 Å². The summed E-state index contributed by atoms with van der Waals surface area (Å²) in [6.45, 7) is 0. The van der Waals surface area contributed by atoms with Crippen molar-refractivity contribution in [3.05, 3.63) is 35.4 Å². The van der Waals surface area contributed by atoms with Crippen LogP contribution in [0.4, 0.5) is 0 Å². The largest absolute Gasteiger partial charge is 0.324 e. The Hall–Kier alpha value is -0.820. The first kappa shape index (κ1) is 11.3. The lowest BCUT2D eigenvalue weighted by molar-refractivity contribution is 0.416. The SMILES string of the molecule is NC(c1cccc(C2CCC2)c1)C1CCCC1. The molecular formula is C16H23N. The van der Waals surface area contributed by atoms with Crippen molar-refractivity contribution in [3.63, 3.8) is 0 Å². The topological polar surface area (TPSA) is 26.0 Å². The monoisotopic (exact) mass is 229 g/mol. The standard InChI is InChI=1S/C16H23N/c17-16(13-5-1-2-6-13)15-10-4-9-14(11-15)12-7-3-8-12/h4,9-13,16H,1-3,5-8,17H2. The van der Waals surface area contributed by atoms with Crippen LogP contribution in [0.5, 0.6) is 0 Å². The van der Waals surface area contributed by atoms with Gasteiger partial charge in [0.1, 0.15) is 0 Å². The van der Waals surface area contributed by atoms with Gasteiger partial charge in [0.15, 0.2) is 0 Å². The third-order valence-electron chi connectivity index (χ3n) is 4.78. The summed E-state index contributed by atoms with van der Waals surface area (Å²) in [5.74, 6) is 1.55. The molecule has 0 amide bonds. The number of benzene rings is 1. The van der Waals surface area contributed by atoms with Gasteiger partial charge in [-0.2, -0.15) is 0 Å². The molecule has 0 spiro atoms. The Bertz CT molecular complexity index is 375. The molecule has 0 saturated heterocycles. The van der Waals surface area contributed by atoms with Crippen molar-refractivity contribution in [1.29, 1.82) is 0 Å². The van der Waals surface area contributed by atoms with Gasteiger partial charge in [0.2, 0.25) is 0 Å². The van der Waals surface area contributed by atoms with Crippen LogP contribution in [0, 0.1) is 5.92 Å². The summed E-state index contributed by atoms with van der Waals surface area (Å²) in [7, 11) is 0. The molecule has 0 heterocycles. The van der Waals surface area contributed by atoms with E-state index in [0.717, 1.165) is 11.8 Å². The molecule has 1 aromatic carbocycles. The maximum atomic E-state index is 6.43. The van der Waals surface area contributed by atoms with Crippen molar-refractivity contribution >= 4 is 0 Å². The van der Waals surface area contributed by atoms with E-state index in [0.29, 0.717) is 0 Å². The molecule has 1 atom stereocenters. The highest BCUT2D eigenvalue weighted by Crippen LogP contribution is 2.39. The predicted octanol–water partition coefficient (Wildman–Crippen LogP) is 4.14. The molecule has 1 heteroatoms. The molecule has 0 radical (unpaired) electrons. The van der Waals surface area contributed by atoms with Crippen LogP contribution < -0.4 is 5.73 Å². The van der Waals surface area contributed by atoms with Crippen LogP contribution in [0.2, 0.25) is 0 Å². The van der Waals surface area contributed by atoms with E-state index in [4.69, 9.17) is 5.73 Å². The van der Waals surface area contributed by atoms with Crippen LogP contribution in [0.3, 0.4) is 0 Å². The minimum atomic E-state index is 0.275. The van der Waals surface area contributed by atoms with Crippen LogP contribution in [-0.4, -0.2) is 0 Å². The maximum Gasteiger partial charge on any atom is 0.0323 e. The lowest BCUT2D eigenvalue weighted by atomic mass is 9.79. The van der Waals surface area contributed by atoms with E-state index >= 15 is 0 Å². The Morgan fingerprint density at radius 1 is 1.00 bits per heavy atom. The fraction of sp³-hybridized carbons (Fsp3) is 0.625. The molecule has 3 rings (SSSR count). The number of hydrogen-bond acceptors (Lipinski definition) is 1. The van der Waals surface area contributed by atoms with Crippen LogP contribution in [0.1, 0.15) is 68.0 Å². The van der Waals surface area contributed by atoms with Crippen LogP contribution >= 0.6 is 0 Å². The highest BCUT2D eigenvalue weighted by atomic mass is 14.7. The second-order valence-electron chi connectivity index (χ2n) is 5.87. The molecule has 2 N–H and O–H groups in total. The minimum absolute atomic E-state index is 0.275. The average Bonchev–Trinajstić information content (AvgIpc) is 2.79. The Morgan fingerprint density at radius 2 is 1.76 bits per heavy atom. The first-order chi connectivity index (χ1) is 8.34. The molecule has 1 unspecified atom stereocenters. The fourth-order valence-electron chi connectivity index (χ4n) is 3.35. The zero-order valence-corrected chi connectivity index (χ0v) is 10.6. The van der Waals surface area contributed by atoms with E-state index in [9.17, 15) is 0 Å². The highest BCUT2D eigenvalue weighted by Gasteiger charge is 2.25. The lowest BCUT2D eigenvalue weighted by Gasteiger charge is -2.27. The highest BCUT2D eigenvalue weighted by molar-refractivity contribution is 5.30. The Kier molecular flexibility index (Phi) is 3.19. The molecule has 0 bridgehead atoms. The molecule has 0 aromatic heterocycles. The number of nitrogens with two attached hydrogens (primary N) is 1. The van der Waals surface area contributed by atoms with Gasteiger partial charge < -0.3 is 5.73 Å². The molecule has 0 aliphatic heterocycles. The molecule has 1 nitrogen and oxygen atoms in total. The van der Waals surface area contributed by atoms with E-state index in [1.807, 2.05) is 0 Å². The van der Waals surface area contributed by atoms with Gasteiger partial charge in [-0.25, -0.2) is 0 Å². The van der Waals surface area contributed by atoms with Gasteiger partial charge in [-0.05, 0) is 48.6 Å². The smallest absolute Gasteiger partial charge is 0.0323 e. The first-order valence-corrected chi connectivity index (χ1v) is 7.20. The Morgan fingerprint density at radius 3 is 2.41 bits per heavy atom. The van der Waals surface area contributed by atoms with E-state index in [-0.39, 0.29) is 6.04 Å². The summed E-state index contributed by atoms with van der Waals surface area (Å²) in [5.41, 5.74) is 9.33. The normalized spacial score (nSPS) is 23.6. The van der Waals surface area contributed by atoms with Gasteiger partial charge >= 0.3 is 0 Å². The Balaban J connectivity index is 1.76. The van der Waals surface area contributed by atoms with Crippen molar-refractivity contribution < 1.29 is 0 Å². The third-order valence-corrected chi connectivity index (χ3v) is 4.78. The number of rotatable bonds is 3. The summed E-state index contributed by atoms with van der Waals surface area (Å²) in [4.78, 5) is 0. The quantitative estimate of drug-likeness (QED) is 0.828. The molecule has 2 aliphatic rings. The van der Waals surface area contributed by atoms with Gasteiger partial charge in [0.25, 0.3) is 0 Å². The van der Waals surface area contributed by atoms with E-state index < -0.39 is 0 Å². The Labute approximate surface area is 104 Å². The molecule has 17 heavy (non-hydrogen) atoms. The van der Waals surface area contributed by atoms with Crippen molar-refractivity contribution in [2.45, 2.75) is 56.9 Å². The zero-order valence-electron chi connectivity index (χ0n) is 10.6. The van der Waals surface area contributed by atoms with Crippen molar-refractivity contribution in [2.75, 3.05) is 0 Å². The maximum absolute atomic E-state index is 6.43.